The lowest BCUT2D eigenvalue weighted by Gasteiger charge is -1.93. The largest absolute Gasteiger partial charge is 0.477 e. The molecule has 0 amide bonds. The minimum Gasteiger partial charge on any atom is -0.477 e. The molecule has 6 heteroatoms. The first-order valence-corrected chi connectivity index (χ1v) is 5.28. The highest BCUT2D eigenvalue weighted by Gasteiger charge is 2.14. The minimum absolute atomic E-state index is 0.205. The van der Waals surface area contributed by atoms with Crippen molar-refractivity contribution in [2.75, 3.05) is 0 Å². The Morgan fingerprint density at radius 3 is 3.12 bits per heavy atom. The number of imidazole rings is 1. The zero-order chi connectivity index (χ0) is 11.3. The second-order valence-corrected chi connectivity index (χ2v) is 4.30. The van der Waals surface area contributed by atoms with Crippen molar-refractivity contribution in [3.63, 3.8) is 0 Å². The molecule has 0 atom stereocenters. The van der Waals surface area contributed by atoms with Gasteiger partial charge in [0.2, 0.25) is 0 Å². The van der Waals surface area contributed by atoms with E-state index in [0.717, 1.165) is 11.3 Å². The van der Waals surface area contributed by atoms with Crippen molar-refractivity contribution in [1.29, 1.82) is 0 Å². The fourth-order valence-electron chi connectivity index (χ4n) is 1.60. The van der Waals surface area contributed by atoms with Crippen LogP contribution in [0.3, 0.4) is 0 Å². The van der Waals surface area contributed by atoms with Crippen molar-refractivity contribution in [2.24, 2.45) is 0 Å². The molecular formula is C10H5FN2O2S. The summed E-state index contributed by atoms with van der Waals surface area (Å²) in [6.45, 7) is 0. The van der Waals surface area contributed by atoms with Gasteiger partial charge in [-0.2, -0.15) is 0 Å². The lowest BCUT2D eigenvalue weighted by atomic mass is 10.4. The summed E-state index contributed by atoms with van der Waals surface area (Å²) in [5, 5.41) is 8.83. The first-order chi connectivity index (χ1) is 7.66. The van der Waals surface area contributed by atoms with Gasteiger partial charge in [0.15, 0.2) is 11.5 Å². The molecular weight excluding hydrogens is 231 g/mol. The third-order valence-corrected chi connectivity index (χ3v) is 3.30. The van der Waals surface area contributed by atoms with Crippen LogP contribution in [0.15, 0.2) is 24.4 Å². The lowest BCUT2D eigenvalue weighted by Crippen LogP contribution is -1.91. The van der Waals surface area contributed by atoms with E-state index in [1.807, 2.05) is 0 Å². The number of hydrogen-bond acceptors (Lipinski definition) is 3. The highest BCUT2D eigenvalue weighted by Crippen LogP contribution is 2.26. The van der Waals surface area contributed by atoms with Crippen LogP contribution in [0.4, 0.5) is 4.39 Å². The van der Waals surface area contributed by atoms with E-state index in [1.165, 1.54) is 12.1 Å². The van der Waals surface area contributed by atoms with Gasteiger partial charge in [-0.05, 0) is 18.2 Å². The Morgan fingerprint density at radius 2 is 2.38 bits per heavy atom. The van der Waals surface area contributed by atoms with E-state index >= 15 is 0 Å². The normalized spacial score (nSPS) is 11.3. The summed E-state index contributed by atoms with van der Waals surface area (Å²) in [6, 6.07) is 4.38. The molecule has 1 N–H and O–H groups in total. The minimum atomic E-state index is -0.992. The van der Waals surface area contributed by atoms with Gasteiger partial charge < -0.3 is 5.11 Å². The number of thiophene rings is 1. The molecule has 0 aliphatic carbocycles. The molecule has 0 radical (unpaired) electrons. The maximum atomic E-state index is 13.4. The summed E-state index contributed by atoms with van der Waals surface area (Å²) in [7, 11) is 0. The molecule has 3 aromatic heterocycles. The Labute approximate surface area is 92.6 Å². The zero-order valence-corrected chi connectivity index (χ0v) is 8.66. The number of rotatable bonds is 1. The van der Waals surface area contributed by atoms with Gasteiger partial charge >= 0.3 is 5.97 Å². The summed E-state index contributed by atoms with van der Waals surface area (Å²) in [5.41, 5.74) is 0.845. The van der Waals surface area contributed by atoms with Gasteiger partial charge in [0.1, 0.15) is 9.71 Å². The SMILES string of the molecule is O=C(O)c1cc2c(nc3c(F)cccn32)s1. The molecule has 0 spiro atoms. The number of halogens is 1. The molecule has 3 aromatic rings. The molecule has 0 unspecified atom stereocenters. The maximum Gasteiger partial charge on any atom is 0.346 e. The maximum absolute atomic E-state index is 13.4. The van der Waals surface area contributed by atoms with Gasteiger partial charge in [-0.25, -0.2) is 14.2 Å². The highest BCUT2D eigenvalue weighted by atomic mass is 32.1. The van der Waals surface area contributed by atoms with Crippen molar-refractivity contribution in [1.82, 2.24) is 9.38 Å². The number of nitrogens with zero attached hydrogens (tertiary/aromatic N) is 2. The Kier molecular flexibility index (Phi) is 1.75. The number of carbonyl (C=O) groups is 1. The number of aromatic carboxylic acids is 1. The van der Waals surface area contributed by atoms with Gasteiger partial charge in [-0.1, -0.05) is 0 Å². The monoisotopic (exact) mass is 236 g/mol. The van der Waals surface area contributed by atoms with Crippen molar-refractivity contribution in [3.05, 3.63) is 35.1 Å². The van der Waals surface area contributed by atoms with Crippen LogP contribution in [0.2, 0.25) is 0 Å². The Morgan fingerprint density at radius 1 is 1.56 bits per heavy atom. The summed E-state index contributed by atoms with van der Waals surface area (Å²) in [5.74, 6) is -1.41. The van der Waals surface area contributed by atoms with Crippen LogP contribution in [0.25, 0.3) is 16.0 Å². The molecule has 0 saturated heterocycles. The van der Waals surface area contributed by atoms with E-state index in [1.54, 1.807) is 16.7 Å². The topological polar surface area (TPSA) is 54.6 Å². The summed E-state index contributed by atoms with van der Waals surface area (Å²) >= 11 is 1.04. The standard InChI is InChI=1S/C10H5FN2O2S/c11-5-2-1-3-13-6-4-7(10(14)15)16-9(6)12-8(5)13/h1-4H,(H,14,15). The summed E-state index contributed by atoms with van der Waals surface area (Å²) in [4.78, 5) is 15.6. The van der Waals surface area contributed by atoms with Gasteiger partial charge in [0.25, 0.3) is 0 Å². The van der Waals surface area contributed by atoms with E-state index in [2.05, 4.69) is 4.98 Å². The molecule has 0 aliphatic rings. The second-order valence-electron chi connectivity index (χ2n) is 3.27. The third kappa shape index (κ3) is 1.13. The molecule has 0 saturated carbocycles. The predicted molar refractivity (Wildman–Crippen MR) is 57.5 cm³/mol. The fraction of sp³-hybridized carbons (Fsp3) is 0. The Hall–Kier alpha value is -1.95. The summed E-state index contributed by atoms with van der Waals surface area (Å²) in [6.07, 6.45) is 1.66. The average molecular weight is 236 g/mol. The fourth-order valence-corrected chi connectivity index (χ4v) is 2.46. The average Bonchev–Trinajstić information content (AvgIpc) is 2.76. The number of fused-ring (bicyclic) bond motifs is 3. The van der Waals surface area contributed by atoms with Crippen LogP contribution in [-0.4, -0.2) is 20.5 Å². The van der Waals surface area contributed by atoms with Crippen molar-refractivity contribution < 1.29 is 14.3 Å². The van der Waals surface area contributed by atoms with Gasteiger partial charge in [0.05, 0.1) is 5.52 Å². The zero-order valence-electron chi connectivity index (χ0n) is 7.85. The first kappa shape index (κ1) is 9.29. The van der Waals surface area contributed by atoms with Crippen LogP contribution >= 0.6 is 11.3 Å². The molecule has 0 bridgehead atoms. The first-order valence-electron chi connectivity index (χ1n) is 4.46. The molecule has 3 heterocycles. The quantitative estimate of drug-likeness (QED) is 0.705. The Bertz CT molecular complexity index is 716. The van der Waals surface area contributed by atoms with Crippen molar-refractivity contribution in [2.45, 2.75) is 0 Å². The third-order valence-electron chi connectivity index (χ3n) is 2.29. The van der Waals surface area contributed by atoms with E-state index in [0.29, 0.717) is 10.3 Å². The van der Waals surface area contributed by atoms with E-state index in [4.69, 9.17) is 5.11 Å². The number of carboxylic acids is 1. The molecule has 0 fully saturated rings. The lowest BCUT2D eigenvalue weighted by molar-refractivity contribution is 0.0702. The van der Waals surface area contributed by atoms with Gasteiger partial charge in [0, 0.05) is 6.20 Å². The number of aromatic nitrogens is 2. The Balaban J connectivity index is 2.43. The van der Waals surface area contributed by atoms with E-state index in [-0.39, 0.29) is 10.5 Å². The smallest absolute Gasteiger partial charge is 0.346 e. The van der Waals surface area contributed by atoms with Crippen LogP contribution in [0.5, 0.6) is 0 Å². The predicted octanol–water partition coefficient (Wildman–Crippen LogP) is 2.39. The molecule has 16 heavy (non-hydrogen) atoms. The van der Waals surface area contributed by atoms with Crippen LogP contribution in [0, 0.1) is 5.82 Å². The van der Waals surface area contributed by atoms with E-state index in [9.17, 15) is 9.18 Å². The second kappa shape index (κ2) is 3.02. The molecule has 0 aromatic carbocycles. The van der Waals surface area contributed by atoms with Crippen LogP contribution in [0.1, 0.15) is 9.67 Å². The number of hydrogen-bond donors (Lipinski definition) is 1. The van der Waals surface area contributed by atoms with Gasteiger partial charge in [-0.15, -0.1) is 11.3 Å². The summed E-state index contributed by atoms with van der Waals surface area (Å²) < 4.78 is 14.9. The van der Waals surface area contributed by atoms with Crippen molar-refractivity contribution >= 4 is 33.3 Å². The number of pyridine rings is 1. The molecule has 3 rings (SSSR count). The molecule has 4 nitrogen and oxygen atoms in total. The molecule has 0 aliphatic heterocycles. The number of carboxylic acid groups (broad SMARTS) is 1. The van der Waals surface area contributed by atoms with Gasteiger partial charge in [-0.3, -0.25) is 4.40 Å². The highest BCUT2D eigenvalue weighted by molar-refractivity contribution is 7.20. The van der Waals surface area contributed by atoms with E-state index < -0.39 is 11.8 Å². The van der Waals surface area contributed by atoms with Crippen molar-refractivity contribution in [3.8, 4) is 0 Å². The molecule has 80 valence electrons. The van der Waals surface area contributed by atoms with Crippen LogP contribution in [-0.2, 0) is 0 Å². The van der Waals surface area contributed by atoms with Crippen LogP contribution < -0.4 is 0 Å².